The van der Waals surface area contributed by atoms with E-state index >= 15 is 0 Å². The predicted molar refractivity (Wildman–Crippen MR) is 79.3 cm³/mol. The average molecular weight is 316 g/mol. The van der Waals surface area contributed by atoms with Crippen molar-refractivity contribution in [2.45, 2.75) is 30.7 Å². The van der Waals surface area contributed by atoms with Crippen molar-refractivity contribution in [1.82, 2.24) is 14.1 Å². The standard InChI is InChI=1S/C13H24N4O3S/c1-16(7-8-20-11-12-3-4-12)21(18,19)13-9-15-17(10-13)6-2-5-14/h9-10,12H,2-8,11,14H2,1H3. The van der Waals surface area contributed by atoms with Gasteiger partial charge >= 0.3 is 0 Å². The Morgan fingerprint density at radius 2 is 2.29 bits per heavy atom. The third kappa shape index (κ3) is 4.77. The maximum Gasteiger partial charge on any atom is 0.246 e. The molecule has 21 heavy (non-hydrogen) atoms. The van der Waals surface area contributed by atoms with E-state index in [2.05, 4.69) is 5.10 Å². The zero-order valence-electron chi connectivity index (χ0n) is 12.4. The summed E-state index contributed by atoms with van der Waals surface area (Å²) in [6, 6.07) is 0. The summed E-state index contributed by atoms with van der Waals surface area (Å²) in [6.45, 7) is 2.70. The summed E-state index contributed by atoms with van der Waals surface area (Å²) in [5.41, 5.74) is 5.43. The van der Waals surface area contributed by atoms with E-state index in [1.807, 2.05) is 0 Å². The van der Waals surface area contributed by atoms with Crippen LogP contribution in [0.2, 0.25) is 0 Å². The normalized spacial score (nSPS) is 15.8. The lowest BCUT2D eigenvalue weighted by atomic mass is 10.4. The number of sulfonamides is 1. The molecule has 0 unspecified atom stereocenters. The van der Waals surface area contributed by atoms with E-state index in [-0.39, 0.29) is 4.90 Å². The van der Waals surface area contributed by atoms with Gasteiger partial charge in [0.25, 0.3) is 0 Å². The lowest BCUT2D eigenvalue weighted by Crippen LogP contribution is -2.30. The average Bonchev–Trinajstić information content (AvgIpc) is 3.16. The SMILES string of the molecule is CN(CCOCC1CC1)S(=O)(=O)c1cnn(CCCN)c1. The number of nitrogens with zero attached hydrogens (tertiary/aromatic N) is 3. The van der Waals surface area contributed by atoms with Gasteiger partial charge in [0.1, 0.15) is 4.90 Å². The van der Waals surface area contributed by atoms with Crippen molar-refractivity contribution >= 4 is 10.0 Å². The second kappa shape index (κ2) is 7.35. The Balaban J connectivity index is 1.84. The van der Waals surface area contributed by atoms with Crippen molar-refractivity contribution < 1.29 is 13.2 Å². The molecule has 0 radical (unpaired) electrons. The predicted octanol–water partition coefficient (Wildman–Crippen LogP) is 0.279. The Kier molecular flexibility index (Phi) is 5.74. The minimum absolute atomic E-state index is 0.212. The van der Waals surface area contributed by atoms with E-state index < -0.39 is 10.0 Å². The fourth-order valence-corrected chi connectivity index (χ4v) is 2.99. The number of aryl methyl sites for hydroxylation is 1. The van der Waals surface area contributed by atoms with Gasteiger partial charge in [-0.3, -0.25) is 4.68 Å². The topological polar surface area (TPSA) is 90.5 Å². The van der Waals surface area contributed by atoms with Crippen molar-refractivity contribution in [1.29, 1.82) is 0 Å². The largest absolute Gasteiger partial charge is 0.380 e. The Morgan fingerprint density at radius 1 is 1.52 bits per heavy atom. The first-order chi connectivity index (χ1) is 10.0. The van der Waals surface area contributed by atoms with Crippen LogP contribution in [0.3, 0.4) is 0 Å². The number of rotatable bonds is 10. The third-order valence-electron chi connectivity index (χ3n) is 3.51. The van der Waals surface area contributed by atoms with E-state index in [9.17, 15) is 8.42 Å². The highest BCUT2D eigenvalue weighted by atomic mass is 32.2. The molecule has 0 atom stereocenters. The molecule has 0 spiro atoms. The van der Waals surface area contributed by atoms with Gasteiger partial charge in [0.15, 0.2) is 0 Å². The molecule has 1 saturated carbocycles. The van der Waals surface area contributed by atoms with Crippen LogP contribution in [0.4, 0.5) is 0 Å². The molecular formula is C13H24N4O3S. The summed E-state index contributed by atoms with van der Waals surface area (Å²) in [6.07, 6.45) is 6.16. The van der Waals surface area contributed by atoms with E-state index in [4.69, 9.17) is 10.5 Å². The lowest BCUT2D eigenvalue weighted by molar-refractivity contribution is 0.117. The molecule has 1 fully saturated rings. The van der Waals surface area contributed by atoms with Crippen LogP contribution in [0, 0.1) is 5.92 Å². The second-order valence-electron chi connectivity index (χ2n) is 5.43. The van der Waals surface area contributed by atoms with Gasteiger partial charge in [0.05, 0.1) is 12.8 Å². The van der Waals surface area contributed by atoms with Crippen LogP contribution in [-0.2, 0) is 21.3 Å². The number of hydrogen-bond donors (Lipinski definition) is 1. The molecule has 0 bridgehead atoms. The van der Waals surface area contributed by atoms with Gasteiger partial charge in [0, 0.05) is 32.9 Å². The van der Waals surface area contributed by atoms with E-state index in [0.717, 1.165) is 13.0 Å². The van der Waals surface area contributed by atoms with Crippen molar-refractivity contribution in [3.8, 4) is 0 Å². The molecule has 8 heteroatoms. The number of nitrogens with two attached hydrogens (primary N) is 1. The molecule has 1 aromatic rings. The first kappa shape index (κ1) is 16.4. The van der Waals surface area contributed by atoms with Gasteiger partial charge in [-0.05, 0) is 31.7 Å². The highest BCUT2D eigenvalue weighted by Crippen LogP contribution is 2.28. The molecule has 0 saturated heterocycles. The Hall–Kier alpha value is -0.960. The molecule has 0 aromatic carbocycles. The van der Waals surface area contributed by atoms with Gasteiger partial charge < -0.3 is 10.5 Å². The third-order valence-corrected chi connectivity index (χ3v) is 5.32. The fourth-order valence-electron chi connectivity index (χ4n) is 1.88. The van der Waals surface area contributed by atoms with Gasteiger partial charge in [-0.25, -0.2) is 8.42 Å². The monoisotopic (exact) mass is 316 g/mol. The Morgan fingerprint density at radius 3 is 2.95 bits per heavy atom. The number of hydrogen-bond acceptors (Lipinski definition) is 5. The van der Waals surface area contributed by atoms with Crippen molar-refractivity contribution in [2.75, 3.05) is 33.4 Å². The fraction of sp³-hybridized carbons (Fsp3) is 0.769. The molecule has 1 aliphatic carbocycles. The first-order valence-corrected chi connectivity index (χ1v) is 8.74. The maximum absolute atomic E-state index is 12.4. The Labute approximate surface area is 126 Å². The number of ether oxygens (including phenoxy) is 1. The zero-order chi connectivity index (χ0) is 15.3. The van der Waals surface area contributed by atoms with Crippen molar-refractivity contribution in [3.05, 3.63) is 12.4 Å². The van der Waals surface area contributed by atoms with Crippen LogP contribution in [0.25, 0.3) is 0 Å². The highest BCUT2D eigenvalue weighted by molar-refractivity contribution is 7.89. The van der Waals surface area contributed by atoms with E-state index in [1.165, 1.54) is 23.3 Å². The summed E-state index contributed by atoms with van der Waals surface area (Å²) in [7, 11) is -1.93. The molecule has 1 aliphatic rings. The van der Waals surface area contributed by atoms with Crippen LogP contribution in [-0.4, -0.2) is 55.9 Å². The number of aromatic nitrogens is 2. The minimum Gasteiger partial charge on any atom is -0.380 e. The van der Waals surface area contributed by atoms with Gasteiger partial charge in [-0.15, -0.1) is 0 Å². The molecule has 0 amide bonds. The molecule has 2 N–H and O–H groups in total. The van der Waals surface area contributed by atoms with Crippen LogP contribution in [0.15, 0.2) is 17.3 Å². The second-order valence-corrected chi connectivity index (χ2v) is 7.47. The summed E-state index contributed by atoms with van der Waals surface area (Å²) >= 11 is 0. The summed E-state index contributed by atoms with van der Waals surface area (Å²) in [4.78, 5) is 0.212. The van der Waals surface area contributed by atoms with Crippen LogP contribution in [0.5, 0.6) is 0 Å². The first-order valence-electron chi connectivity index (χ1n) is 7.30. The quantitative estimate of drug-likeness (QED) is 0.626. The molecule has 7 nitrogen and oxygen atoms in total. The highest BCUT2D eigenvalue weighted by Gasteiger charge is 2.24. The Bertz CT molecular complexity index is 539. The van der Waals surface area contributed by atoms with Crippen molar-refractivity contribution in [2.24, 2.45) is 11.7 Å². The summed E-state index contributed by atoms with van der Waals surface area (Å²) in [5.74, 6) is 0.688. The molecule has 0 aliphatic heterocycles. The van der Waals surface area contributed by atoms with E-state index in [0.29, 0.717) is 32.2 Å². The smallest absolute Gasteiger partial charge is 0.246 e. The molecule has 1 aromatic heterocycles. The maximum atomic E-state index is 12.4. The molecule has 2 rings (SSSR count). The van der Waals surface area contributed by atoms with Gasteiger partial charge in [-0.2, -0.15) is 9.40 Å². The van der Waals surface area contributed by atoms with Gasteiger partial charge in [-0.1, -0.05) is 0 Å². The minimum atomic E-state index is -3.49. The van der Waals surface area contributed by atoms with Crippen molar-refractivity contribution in [3.63, 3.8) is 0 Å². The zero-order valence-corrected chi connectivity index (χ0v) is 13.3. The van der Waals surface area contributed by atoms with Gasteiger partial charge in [0.2, 0.25) is 10.0 Å². The van der Waals surface area contributed by atoms with Crippen LogP contribution >= 0.6 is 0 Å². The summed E-state index contributed by atoms with van der Waals surface area (Å²) < 4.78 is 33.1. The molecule has 120 valence electrons. The lowest BCUT2D eigenvalue weighted by Gasteiger charge is -2.15. The number of likely N-dealkylation sites (N-methyl/N-ethyl adjacent to an activating group) is 1. The molecule has 1 heterocycles. The summed E-state index contributed by atoms with van der Waals surface area (Å²) in [5, 5.41) is 4.05. The molecular weight excluding hydrogens is 292 g/mol. The van der Waals surface area contributed by atoms with E-state index in [1.54, 1.807) is 17.9 Å². The van der Waals surface area contributed by atoms with Crippen LogP contribution in [0.1, 0.15) is 19.3 Å². The van der Waals surface area contributed by atoms with Crippen LogP contribution < -0.4 is 5.73 Å².